The number of rotatable bonds is 2. The molecule has 90 valence electrons. The second-order valence-corrected chi connectivity index (χ2v) is 4.34. The summed E-state index contributed by atoms with van der Waals surface area (Å²) in [7, 11) is 0. The Bertz CT molecular complexity index is 414. The summed E-state index contributed by atoms with van der Waals surface area (Å²) in [6.45, 7) is -0.0470. The average Bonchev–Trinajstić information content (AvgIpc) is 2.66. The van der Waals surface area contributed by atoms with Crippen LogP contribution in [0.25, 0.3) is 0 Å². The number of ether oxygens (including phenoxy) is 1. The van der Waals surface area contributed by atoms with Crippen LogP contribution in [0.4, 0.5) is 5.82 Å². The molecule has 0 amide bonds. The van der Waals surface area contributed by atoms with E-state index in [1.165, 1.54) is 16.3 Å². The predicted octanol–water partition coefficient (Wildman–Crippen LogP) is -4.17. The van der Waals surface area contributed by atoms with Gasteiger partial charge in [0.1, 0.15) is 11.6 Å². The summed E-state index contributed by atoms with van der Waals surface area (Å²) in [6, 6.07) is 1.60. The van der Waals surface area contributed by atoms with E-state index in [-0.39, 0.29) is 40.9 Å². The zero-order valence-electron chi connectivity index (χ0n) is 8.30. The van der Waals surface area contributed by atoms with Crippen LogP contribution in [0.2, 0.25) is 0 Å². The number of thioether (sulfide) groups is 1. The molecule has 2 rings (SSSR count). The fourth-order valence-electron chi connectivity index (χ4n) is 1.37. The first-order valence-electron chi connectivity index (χ1n) is 4.48. The van der Waals surface area contributed by atoms with Crippen LogP contribution in [0.5, 0.6) is 0 Å². The number of nitrogens with two attached hydrogens (primary N) is 1. The first kappa shape index (κ1) is 13.5. The van der Waals surface area contributed by atoms with Gasteiger partial charge in [0, 0.05) is 6.07 Å². The SMILES string of the molecule is Nc1cc[n+]([C@@H]2CS[C@H](CO)O2)c(=O)[nH]1.[Br-]. The van der Waals surface area contributed by atoms with Crippen LogP contribution in [-0.4, -0.2) is 27.9 Å². The highest BCUT2D eigenvalue weighted by atomic mass is 79.9. The van der Waals surface area contributed by atoms with Gasteiger partial charge in [-0.15, -0.1) is 11.8 Å². The van der Waals surface area contributed by atoms with E-state index < -0.39 is 0 Å². The van der Waals surface area contributed by atoms with E-state index in [1.807, 2.05) is 0 Å². The topological polar surface area (TPSA) is 92.2 Å². The Balaban J connectivity index is 0.00000128. The minimum Gasteiger partial charge on any atom is -1.00 e. The molecule has 6 nitrogen and oxygen atoms in total. The van der Waals surface area contributed by atoms with E-state index in [1.54, 1.807) is 12.3 Å². The Labute approximate surface area is 107 Å². The summed E-state index contributed by atoms with van der Waals surface area (Å²) < 4.78 is 6.86. The number of aliphatic hydroxyl groups is 1. The molecule has 8 heteroatoms. The monoisotopic (exact) mass is 309 g/mol. The highest BCUT2D eigenvalue weighted by Crippen LogP contribution is 2.27. The molecule has 1 saturated heterocycles. The Hall–Kier alpha value is -0.570. The summed E-state index contributed by atoms with van der Waals surface area (Å²) >= 11 is 1.48. The molecule has 0 bridgehead atoms. The predicted molar refractivity (Wildman–Crippen MR) is 55.1 cm³/mol. The molecular weight excluding hydrogens is 298 g/mol. The second-order valence-electron chi connectivity index (χ2n) is 3.14. The highest BCUT2D eigenvalue weighted by Gasteiger charge is 2.31. The number of aromatic amines is 1. The van der Waals surface area contributed by atoms with Crippen molar-refractivity contribution in [1.82, 2.24) is 4.98 Å². The lowest BCUT2D eigenvalue weighted by Crippen LogP contribution is -3.00. The number of hydrogen-bond acceptors (Lipinski definition) is 5. The molecule has 2 atom stereocenters. The molecule has 4 N–H and O–H groups in total. The maximum atomic E-state index is 11.5. The lowest BCUT2D eigenvalue weighted by molar-refractivity contribution is -0.770. The van der Waals surface area contributed by atoms with Gasteiger partial charge in [-0.3, -0.25) is 0 Å². The number of halogens is 1. The third kappa shape index (κ3) is 2.76. The van der Waals surface area contributed by atoms with Crippen LogP contribution < -0.4 is 33.0 Å². The molecule has 1 fully saturated rings. The molecular formula is C8H12BrN3O3S. The van der Waals surface area contributed by atoms with Gasteiger partial charge in [0.05, 0.1) is 12.4 Å². The van der Waals surface area contributed by atoms with Crippen molar-refractivity contribution in [2.75, 3.05) is 18.1 Å². The molecule has 0 spiro atoms. The van der Waals surface area contributed by atoms with Gasteiger partial charge in [-0.1, -0.05) is 0 Å². The standard InChI is InChI=1S/C8H11N3O3S.BrH/c9-5-1-2-11(8(13)10-5)6-4-15-7(3-12)14-6;/h1-2,6-7,12H,3-4H2,(H2,9,10,13);1H/t6-,7+;/m0./s1. The quantitative estimate of drug-likeness (QED) is 0.482. The van der Waals surface area contributed by atoms with E-state index >= 15 is 0 Å². The van der Waals surface area contributed by atoms with E-state index in [0.717, 1.165) is 0 Å². The van der Waals surface area contributed by atoms with Crippen LogP contribution in [0.3, 0.4) is 0 Å². The fourth-order valence-corrected chi connectivity index (χ4v) is 2.30. The van der Waals surface area contributed by atoms with E-state index in [9.17, 15) is 4.79 Å². The van der Waals surface area contributed by atoms with E-state index in [0.29, 0.717) is 11.6 Å². The third-order valence-corrected chi connectivity index (χ3v) is 3.20. The van der Waals surface area contributed by atoms with Crippen molar-refractivity contribution in [2.24, 2.45) is 0 Å². The number of aliphatic hydroxyl groups excluding tert-OH is 1. The number of aromatic nitrogens is 2. The molecule has 1 aliphatic heterocycles. The summed E-state index contributed by atoms with van der Waals surface area (Å²) in [5.41, 5.74) is 4.87. The largest absolute Gasteiger partial charge is 1.00 e. The van der Waals surface area contributed by atoms with Gasteiger partial charge in [0.15, 0.2) is 5.82 Å². The molecule has 0 saturated carbocycles. The summed E-state index contributed by atoms with van der Waals surface area (Å²) in [6.07, 6.45) is 1.25. The first-order valence-corrected chi connectivity index (χ1v) is 5.53. The van der Waals surface area contributed by atoms with Gasteiger partial charge in [0.2, 0.25) is 6.23 Å². The van der Waals surface area contributed by atoms with Gasteiger partial charge in [-0.05, 0) is 0 Å². The summed E-state index contributed by atoms with van der Waals surface area (Å²) in [5.74, 6) is 0.962. The van der Waals surface area contributed by atoms with Crippen LogP contribution in [0, 0.1) is 0 Å². The number of nitrogens with zero attached hydrogens (tertiary/aromatic N) is 1. The molecule has 2 heterocycles. The maximum Gasteiger partial charge on any atom is 0.499 e. The summed E-state index contributed by atoms with van der Waals surface area (Å²) in [5, 5.41) is 8.88. The Morgan fingerprint density at radius 2 is 2.50 bits per heavy atom. The molecule has 1 aliphatic rings. The Morgan fingerprint density at radius 3 is 3.06 bits per heavy atom. The van der Waals surface area contributed by atoms with E-state index in [4.69, 9.17) is 15.6 Å². The van der Waals surface area contributed by atoms with Crippen molar-refractivity contribution in [2.45, 2.75) is 11.7 Å². The number of hydrogen-bond donors (Lipinski definition) is 3. The number of H-pyrrole nitrogens is 1. The van der Waals surface area contributed by atoms with Gasteiger partial charge in [-0.2, -0.15) is 14.3 Å². The van der Waals surface area contributed by atoms with Crippen molar-refractivity contribution in [3.63, 3.8) is 0 Å². The molecule has 0 unspecified atom stereocenters. The summed E-state index contributed by atoms with van der Waals surface area (Å²) in [4.78, 5) is 14.0. The second kappa shape index (κ2) is 5.67. The highest BCUT2D eigenvalue weighted by molar-refractivity contribution is 8.00. The fraction of sp³-hybridized carbons (Fsp3) is 0.500. The Morgan fingerprint density at radius 1 is 1.75 bits per heavy atom. The lowest BCUT2D eigenvalue weighted by Gasteiger charge is -2.07. The third-order valence-electron chi connectivity index (χ3n) is 2.09. The Kier molecular flexibility index (Phi) is 4.78. The van der Waals surface area contributed by atoms with Crippen molar-refractivity contribution in [3.05, 3.63) is 22.7 Å². The van der Waals surface area contributed by atoms with Gasteiger partial charge in [0.25, 0.3) is 0 Å². The van der Waals surface area contributed by atoms with Crippen molar-refractivity contribution < 1.29 is 31.4 Å². The van der Waals surface area contributed by atoms with Crippen molar-refractivity contribution in [1.29, 1.82) is 0 Å². The average molecular weight is 310 g/mol. The van der Waals surface area contributed by atoms with Crippen LogP contribution in [0.15, 0.2) is 17.1 Å². The number of nitrogens with one attached hydrogen (secondary N) is 1. The minimum atomic E-state index is -0.337. The van der Waals surface area contributed by atoms with Crippen molar-refractivity contribution >= 4 is 17.6 Å². The molecule has 1 aromatic rings. The molecule has 0 aromatic carbocycles. The van der Waals surface area contributed by atoms with Crippen LogP contribution in [-0.2, 0) is 4.74 Å². The van der Waals surface area contributed by atoms with Gasteiger partial charge in [-0.25, -0.2) is 0 Å². The van der Waals surface area contributed by atoms with Gasteiger partial charge >= 0.3 is 5.69 Å². The van der Waals surface area contributed by atoms with Crippen LogP contribution >= 0.6 is 11.8 Å². The van der Waals surface area contributed by atoms with Gasteiger partial charge < -0.3 is 32.6 Å². The number of nitrogen functional groups attached to an aromatic ring is 1. The normalized spacial score (nSPS) is 24.1. The van der Waals surface area contributed by atoms with Crippen LogP contribution in [0.1, 0.15) is 6.23 Å². The van der Waals surface area contributed by atoms with E-state index in [2.05, 4.69) is 4.98 Å². The maximum absolute atomic E-state index is 11.5. The molecule has 16 heavy (non-hydrogen) atoms. The smallest absolute Gasteiger partial charge is 0.499 e. The van der Waals surface area contributed by atoms with Crippen molar-refractivity contribution in [3.8, 4) is 0 Å². The molecule has 1 aromatic heterocycles. The number of anilines is 1. The zero-order chi connectivity index (χ0) is 10.8. The molecule has 0 radical (unpaired) electrons. The first-order chi connectivity index (χ1) is 7.20. The zero-order valence-corrected chi connectivity index (χ0v) is 10.7. The molecule has 0 aliphatic carbocycles. The minimum absolute atomic E-state index is 0. The lowest BCUT2D eigenvalue weighted by atomic mass is 10.5.